The molecule has 2 N–H and O–H groups in total. The lowest BCUT2D eigenvalue weighted by atomic mass is 9.93. The Morgan fingerprint density at radius 2 is 1.86 bits per heavy atom. The van der Waals surface area contributed by atoms with Crippen molar-refractivity contribution in [2.45, 2.75) is 71.1 Å². The number of nitrogens with zero attached hydrogens (tertiary/aromatic N) is 2. The summed E-state index contributed by atoms with van der Waals surface area (Å²) >= 11 is 0. The second-order valence-electron chi connectivity index (χ2n) is 7.70. The molecular weight excluding hydrogens is 354 g/mol. The third-order valence-corrected chi connectivity index (χ3v) is 5.53. The van der Waals surface area contributed by atoms with Crippen LogP contribution < -0.4 is 5.32 Å². The molecule has 1 aromatic heterocycles. The molecule has 0 bridgehead atoms. The van der Waals surface area contributed by atoms with Crippen LogP contribution in [0.5, 0.6) is 0 Å². The summed E-state index contributed by atoms with van der Waals surface area (Å²) in [6.45, 7) is 5.80. The molecule has 1 aromatic carbocycles. The number of aryl methyl sites for hydroxylation is 1. The average molecular weight is 383 g/mol. The number of hydrogen-bond acceptors (Lipinski definition) is 4. The predicted octanol–water partition coefficient (Wildman–Crippen LogP) is 3.43. The first-order valence-corrected chi connectivity index (χ1v) is 10.1. The van der Waals surface area contributed by atoms with Gasteiger partial charge >= 0.3 is 0 Å². The van der Waals surface area contributed by atoms with Crippen LogP contribution in [0.1, 0.15) is 84.1 Å². The van der Waals surface area contributed by atoms with Crippen molar-refractivity contribution < 1.29 is 14.7 Å². The van der Waals surface area contributed by atoms with Gasteiger partial charge in [-0.15, -0.1) is 0 Å². The summed E-state index contributed by atoms with van der Waals surface area (Å²) in [4.78, 5) is 25.2. The molecule has 0 aliphatic heterocycles. The van der Waals surface area contributed by atoms with Crippen LogP contribution in [-0.4, -0.2) is 38.7 Å². The van der Waals surface area contributed by atoms with Gasteiger partial charge in [0.2, 0.25) is 0 Å². The molecule has 1 aliphatic carbocycles. The molecule has 1 fully saturated rings. The lowest BCUT2D eigenvalue weighted by molar-refractivity contribution is 0.0856. The number of amides is 1. The minimum atomic E-state index is -0.269. The van der Waals surface area contributed by atoms with Gasteiger partial charge in [0, 0.05) is 18.5 Å². The van der Waals surface area contributed by atoms with E-state index in [9.17, 15) is 14.7 Å². The predicted molar refractivity (Wildman–Crippen MR) is 108 cm³/mol. The van der Waals surface area contributed by atoms with Crippen molar-refractivity contribution in [2.75, 3.05) is 0 Å². The molecule has 6 nitrogen and oxygen atoms in total. The largest absolute Gasteiger partial charge is 0.393 e. The molecule has 0 saturated heterocycles. The Morgan fingerprint density at radius 1 is 1.21 bits per heavy atom. The van der Waals surface area contributed by atoms with E-state index in [0.717, 1.165) is 24.0 Å². The summed E-state index contributed by atoms with van der Waals surface area (Å²) in [7, 11) is 0. The number of rotatable bonds is 6. The number of ketones is 1. The van der Waals surface area contributed by atoms with E-state index >= 15 is 0 Å². The molecule has 150 valence electrons. The van der Waals surface area contributed by atoms with Crippen molar-refractivity contribution in [3.05, 3.63) is 52.8 Å². The van der Waals surface area contributed by atoms with E-state index in [0.29, 0.717) is 30.7 Å². The number of aliphatic hydroxyl groups is 1. The zero-order valence-electron chi connectivity index (χ0n) is 16.8. The maximum absolute atomic E-state index is 13.0. The monoisotopic (exact) mass is 383 g/mol. The van der Waals surface area contributed by atoms with Gasteiger partial charge in [-0.25, -0.2) is 0 Å². The van der Waals surface area contributed by atoms with Crippen molar-refractivity contribution in [3.63, 3.8) is 0 Å². The van der Waals surface area contributed by atoms with Crippen LogP contribution in [0.4, 0.5) is 0 Å². The molecule has 1 atom stereocenters. The quantitative estimate of drug-likeness (QED) is 0.749. The summed E-state index contributed by atoms with van der Waals surface area (Å²) < 4.78 is 1.65. The molecule has 6 heteroatoms. The van der Waals surface area contributed by atoms with Crippen LogP contribution in [-0.2, 0) is 0 Å². The standard InChI is InChI=1S/C22H29N3O3/c1-4-21(27)19-13-20(22(28)23-17-9-11-18(26)12-10-17)25(24-19)15(3)16-7-5-14(2)6-8-16/h5-8,13,15,17-18,26H,4,9-12H2,1-3H3,(H,23,28). The number of nitrogens with one attached hydrogen (secondary N) is 1. The summed E-state index contributed by atoms with van der Waals surface area (Å²) in [5.41, 5.74) is 2.91. The van der Waals surface area contributed by atoms with E-state index in [4.69, 9.17) is 0 Å². The highest BCUT2D eigenvalue weighted by molar-refractivity contribution is 5.98. The Morgan fingerprint density at radius 3 is 2.46 bits per heavy atom. The first-order chi connectivity index (χ1) is 13.4. The number of benzene rings is 1. The van der Waals surface area contributed by atoms with Crippen molar-refractivity contribution in [1.29, 1.82) is 0 Å². The zero-order valence-corrected chi connectivity index (χ0v) is 16.8. The fourth-order valence-electron chi connectivity index (χ4n) is 3.64. The van der Waals surface area contributed by atoms with Gasteiger partial charge < -0.3 is 10.4 Å². The van der Waals surface area contributed by atoms with Crippen LogP contribution in [0.2, 0.25) is 0 Å². The van der Waals surface area contributed by atoms with Gasteiger partial charge in [0.05, 0.1) is 12.1 Å². The van der Waals surface area contributed by atoms with E-state index in [1.807, 2.05) is 38.1 Å². The van der Waals surface area contributed by atoms with Gasteiger partial charge in [-0.1, -0.05) is 36.8 Å². The Kier molecular flexibility index (Phi) is 6.29. The van der Waals surface area contributed by atoms with Crippen LogP contribution in [0.25, 0.3) is 0 Å². The Labute approximate surface area is 166 Å². The number of carbonyl (C=O) groups excluding carboxylic acids is 2. The van der Waals surface area contributed by atoms with Crippen LogP contribution in [0.3, 0.4) is 0 Å². The van der Waals surface area contributed by atoms with E-state index in [1.54, 1.807) is 17.7 Å². The molecular formula is C22H29N3O3. The third kappa shape index (κ3) is 4.50. The van der Waals surface area contributed by atoms with Gasteiger partial charge in [-0.2, -0.15) is 5.10 Å². The Hall–Kier alpha value is -2.47. The molecule has 1 saturated carbocycles. The third-order valence-electron chi connectivity index (χ3n) is 5.53. The first-order valence-electron chi connectivity index (χ1n) is 10.1. The molecule has 3 rings (SSSR count). The number of aliphatic hydroxyl groups excluding tert-OH is 1. The second kappa shape index (κ2) is 8.69. The average Bonchev–Trinajstić information content (AvgIpc) is 3.15. The Balaban J connectivity index is 1.87. The SMILES string of the molecule is CCC(=O)c1cc(C(=O)NC2CCC(O)CC2)n(C(C)c2ccc(C)cc2)n1. The summed E-state index contributed by atoms with van der Waals surface area (Å²) in [5.74, 6) is -0.298. The summed E-state index contributed by atoms with van der Waals surface area (Å²) in [6.07, 6.45) is 2.99. The maximum atomic E-state index is 13.0. The maximum Gasteiger partial charge on any atom is 0.269 e. The molecule has 28 heavy (non-hydrogen) atoms. The van der Waals surface area contributed by atoms with E-state index in [2.05, 4.69) is 10.4 Å². The fraction of sp³-hybridized carbons (Fsp3) is 0.500. The summed E-state index contributed by atoms with van der Waals surface area (Å²) in [5, 5.41) is 17.2. The minimum Gasteiger partial charge on any atom is -0.393 e. The Bertz CT molecular complexity index is 833. The van der Waals surface area contributed by atoms with Crippen LogP contribution in [0.15, 0.2) is 30.3 Å². The highest BCUT2D eigenvalue weighted by Gasteiger charge is 2.26. The van der Waals surface area contributed by atoms with Gasteiger partial charge in [-0.05, 0) is 45.1 Å². The molecule has 0 spiro atoms. The topological polar surface area (TPSA) is 84.2 Å². The summed E-state index contributed by atoms with van der Waals surface area (Å²) in [6, 6.07) is 9.57. The lowest BCUT2D eigenvalue weighted by Crippen LogP contribution is -2.39. The molecule has 2 aromatic rings. The molecule has 1 heterocycles. The van der Waals surface area contributed by atoms with E-state index < -0.39 is 0 Å². The number of Topliss-reactive ketones (excluding diaryl/α,β-unsaturated/α-hetero) is 1. The number of hydrogen-bond donors (Lipinski definition) is 2. The van der Waals surface area contributed by atoms with Crippen LogP contribution >= 0.6 is 0 Å². The van der Waals surface area contributed by atoms with E-state index in [1.165, 1.54) is 0 Å². The molecule has 1 aliphatic rings. The highest BCUT2D eigenvalue weighted by atomic mass is 16.3. The van der Waals surface area contributed by atoms with Crippen molar-refractivity contribution in [1.82, 2.24) is 15.1 Å². The van der Waals surface area contributed by atoms with Gasteiger partial charge in [0.1, 0.15) is 11.4 Å². The second-order valence-corrected chi connectivity index (χ2v) is 7.70. The van der Waals surface area contributed by atoms with Gasteiger partial charge in [-0.3, -0.25) is 14.3 Å². The fourth-order valence-corrected chi connectivity index (χ4v) is 3.64. The van der Waals surface area contributed by atoms with Crippen LogP contribution in [0, 0.1) is 6.92 Å². The zero-order chi connectivity index (χ0) is 20.3. The minimum absolute atomic E-state index is 0.0410. The van der Waals surface area contributed by atoms with Crippen molar-refractivity contribution in [3.8, 4) is 0 Å². The highest BCUT2D eigenvalue weighted by Crippen LogP contribution is 2.23. The van der Waals surface area contributed by atoms with E-state index in [-0.39, 0.29) is 29.9 Å². The number of aromatic nitrogens is 2. The normalized spacial score (nSPS) is 20.6. The van der Waals surface area contributed by atoms with Crippen molar-refractivity contribution >= 4 is 11.7 Å². The number of carbonyl (C=O) groups is 2. The first kappa shape index (κ1) is 20.3. The molecule has 0 radical (unpaired) electrons. The van der Waals surface area contributed by atoms with Gasteiger partial charge in [0.25, 0.3) is 5.91 Å². The smallest absolute Gasteiger partial charge is 0.269 e. The van der Waals surface area contributed by atoms with Crippen molar-refractivity contribution in [2.24, 2.45) is 0 Å². The van der Waals surface area contributed by atoms with Gasteiger partial charge in [0.15, 0.2) is 5.78 Å². The lowest BCUT2D eigenvalue weighted by Gasteiger charge is -2.26. The molecule has 1 unspecified atom stereocenters. The molecule has 1 amide bonds.